The van der Waals surface area contributed by atoms with E-state index in [0.717, 1.165) is 6.07 Å². The molecule has 0 saturated heterocycles. The lowest BCUT2D eigenvalue weighted by Gasteiger charge is -2.11. The highest BCUT2D eigenvalue weighted by Crippen LogP contribution is 2.25. The smallest absolute Gasteiger partial charge is 0.387 e. The van der Waals surface area contributed by atoms with Crippen molar-refractivity contribution in [1.82, 2.24) is 0 Å². The number of rotatable bonds is 4. The number of carbonyl (C=O) groups is 1. The molecule has 0 atom stereocenters. The molecular weight excluding hydrogens is 242 g/mol. The zero-order valence-corrected chi connectivity index (χ0v) is 9.09. The summed E-state index contributed by atoms with van der Waals surface area (Å²) < 4.78 is 28.2. The molecule has 0 fully saturated rings. The Balaban J connectivity index is 3.22. The molecule has 0 aliphatic rings. The number of aryl methyl sites for hydroxylation is 1. The molecule has 3 nitrogen and oxygen atoms in total. The Morgan fingerprint density at radius 2 is 2.19 bits per heavy atom. The maximum absolute atomic E-state index is 12.0. The van der Waals surface area contributed by atoms with Gasteiger partial charge in [0.25, 0.3) is 0 Å². The highest BCUT2D eigenvalue weighted by Gasteiger charge is 2.15. The predicted molar refractivity (Wildman–Crippen MR) is 54.3 cm³/mol. The van der Waals surface area contributed by atoms with Crippen molar-refractivity contribution in [3.05, 3.63) is 28.8 Å². The van der Waals surface area contributed by atoms with Gasteiger partial charge in [0.05, 0.1) is 5.56 Å². The van der Waals surface area contributed by atoms with Crippen LogP contribution < -0.4 is 4.74 Å². The first-order valence-electron chi connectivity index (χ1n) is 4.33. The minimum Gasteiger partial charge on any atom is -0.478 e. The Morgan fingerprint density at radius 1 is 1.56 bits per heavy atom. The van der Waals surface area contributed by atoms with Crippen molar-refractivity contribution in [1.29, 1.82) is 0 Å². The second-order valence-electron chi connectivity index (χ2n) is 3.09. The molecule has 0 bridgehead atoms. The van der Waals surface area contributed by atoms with Crippen LogP contribution in [0.3, 0.4) is 0 Å². The molecule has 6 heteroatoms. The second-order valence-corrected chi connectivity index (χ2v) is 3.36. The first-order chi connectivity index (χ1) is 7.45. The van der Waals surface area contributed by atoms with Gasteiger partial charge in [0.2, 0.25) is 0 Å². The van der Waals surface area contributed by atoms with Gasteiger partial charge < -0.3 is 9.84 Å². The van der Waals surface area contributed by atoms with E-state index in [-0.39, 0.29) is 17.2 Å². The fraction of sp³-hybridized carbons (Fsp3) is 0.300. The summed E-state index contributed by atoms with van der Waals surface area (Å²) in [6.45, 7) is -1.44. The number of alkyl halides is 3. The van der Waals surface area contributed by atoms with E-state index in [1.165, 1.54) is 6.07 Å². The van der Waals surface area contributed by atoms with Gasteiger partial charge in [-0.25, -0.2) is 4.79 Å². The molecule has 1 N–H and O–H groups in total. The number of halogens is 3. The standard InChI is InChI=1S/C10H9ClF2O3/c1-5-2-6(4-11)7(9(14)15)3-8(5)16-10(12)13/h2-3,10H,4H2,1H3,(H,14,15). The lowest BCUT2D eigenvalue weighted by molar-refractivity contribution is -0.0503. The molecule has 0 aliphatic heterocycles. The van der Waals surface area contributed by atoms with E-state index in [1.807, 2.05) is 0 Å². The van der Waals surface area contributed by atoms with Gasteiger partial charge in [0, 0.05) is 5.88 Å². The lowest BCUT2D eigenvalue weighted by atomic mass is 10.0. The van der Waals surface area contributed by atoms with Crippen LogP contribution in [0.5, 0.6) is 5.75 Å². The Morgan fingerprint density at radius 3 is 2.62 bits per heavy atom. The zero-order valence-electron chi connectivity index (χ0n) is 8.34. The summed E-state index contributed by atoms with van der Waals surface area (Å²) in [5.41, 5.74) is 0.658. The molecule has 0 aliphatic carbocycles. The number of aromatic carboxylic acids is 1. The van der Waals surface area contributed by atoms with Gasteiger partial charge in [-0.3, -0.25) is 0 Å². The third-order valence-corrected chi connectivity index (χ3v) is 2.28. The number of benzene rings is 1. The predicted octanol–water partition coefficient (Wildman–Crippen LogP) is 3.03. The van der Waals surface area contributed by atoms with E-state index in [0.29, 0.717) is 11.1 Å². The third kappa shape index (κ3) is 2.82. The van der Waals surface area contributed by atoms with Crippen molar-refractivity contribution in [2.75, 3.05) is 0 Å². The molecule has 0 spiro atoms. The molecule has 0 radical (unpaired) electrons. The summed E-state index contributed by atoms with van der Waals surface area (Å²) in [5, 5.41) is 8.84. The van der Waals surface area contributed by atoms with E-state index in [1.54, 1.807) is 6.92 Å². The van der Waals surface area contributed by atoms with Gasteiger partial charge in [-0.15, -0.1) is 11.6 Å². The molecule has 1 aromatic carbocycles. The fourth-order valence-electron chi connectivity index (χ4n) is 1.28. The third-order valence-electron chi connectivity index (χ3n) is 1.99. The molecule has 88 valence electrons. The van der Waals surface area contributed by atoms with Crippen molar-refractivity contribution in [3.63, 3.8) is 0 Å². The molecule has 1 aromatic rings. The molecule has 16 heavy (non-hydrogen) atoms. The Bertz CT molecular complexity index is 407. The normalized spacial score (nSPS) is 10.6. The number of ether oxygens (including phenoxy) is 1. The second kappa shape index (κ2) is 5.12. The van der Waals surface area contributed by atoms with E-state index in [4.69, 9.17) is 16.7 Å². The summed E-state index contributed by atoms with van der Waals surface area (Å²) in [4.78, 5) is 10.8. The fourth-order valence-corrected chi connectivity index (χ4v) is 1.50. The SMILES string of the molecule is Cc1cc(CCl)c(C(=O)O)cc1OC(F)F. The average molecular weight is 251 g/mol. The van der Waals surface area contributed by atoms with Gasteiger partial charge in [0.1, 0.15) is 5.75 Å². The molecule has 1 rings (SSSR count). The average Bonchev–Trinajstić information content (AvgIpc) is 2.19. The van der Waals surface area contributed by atoms with Crippen LogP contribution in [0.1, 0.15) is 21.5 Å². The highest BCUT2D eigenvalue weighted by molar-refractivity contribution is 6.17. The molecule has 0 amide bonds. The van der Waals surface area contributed by atoms with Gasteiger partial charge >= 0.3 is 12.6 Å². The first kappa shape index (κ1) is 12.7. The topological polar surface area (TPSA) is 46.5 Å². The zero-order chi connectivity index (χ0) is 12.3. The van der Waals surface area contributed by atoms with Crippen molar-refractivity contribution in [2.24, 2.45) is 0 Å². The quantitative estimate of drug-likeness (QED) is 0.836. The number of hydrogen-bond donors (Lipinski definition) is 1. The van der Waals surface area contributed by atoms with E-state index < -0.39 is 12.6 Å². The maximum atomic E-state index is 12.0. The Kier molecular flexibility index (Phi) is 4.06. The summed E-state index contributed by atoms with van der Waals surface area (Å²) >= 11 is 5.55. The van der Waals surface area contributed by atoms with E-state index >= 15 is 0 Å². The van der Waals surface area contributed by atoms with Gasteiger partial charge in [-0.2, -0.15) is 8.78 Å². The minimum absolute atomic E-state index is 0.00255. The van der Waals surface area contributed by atoms with Crippen molar-refractivity contribution in [2.45, 2.75) is 19.4 Å². The van der Waals surface area contributed by atoms with Gasteiger partial charge in [-0.1, -0.05) is 6.07 Å². The van der Waals surface area contributed by atoms with Gasteiger partial charge in [0.15, 0.2) is 0 Å². The van der Waals surface area contributed by atoms with Crippen LogP contribution in [0.2, 0.25) is 0 Å². The van der Waals surface area contributed by atoms with Crippen LogP contribution in [0.4, 0.5) is 8.78 Å². The van der Waals surface area contributed by atoms with Crippen molar-refractivity contribution < 1.29 is 23.4 Å². The number of carboxylic acids is 1. The lowest BCUT2D eigenvalue weighted by Crippen LogP contribution is -2.07. The van der Waals surface area contributed by atoms with Crippen LogP contribution in [-0.4, -0.2) is 17.7 Å². The Hall–Kier alpha value is -1.36. The summed E-state index contributed by atoms with van der Waals surface area (Å²) in [6.07, 6.45) is 0. The van der Waals surface area contributed by atoms with E-state index in [2.05, 4.69) is 4.74 Å². The van der Waals surface area contributed by atoms with Crippen LogP contribution in [-0.2, 0) is 5.88 Å². The number of hydrogen-bond acceptors (Lipinski definition) is 2. The highest BCUT2D eigenvalue weighted by atomic mass is 35.5. The summed E-state index contributed by atoms with van der Waals surface area (Å²) in [5.74, 6) is -1.38. The summed E-state index contributed by atoms with van der Waals surface area (Å²) in [7, 11) is 0. The maximum Gasteiger partial charge on any atom is 0.387 e. The molecule has 0 aromatic heterocycles. The van der Waals surface area contributed by atoms with Crippen LogP contribution in [0, 0.1) is 6.92 Å². The van der Waals surface area contributed by atoms with Crippen molar-refractivity contribution >= 4 is 17.6 Å². The monoisotopic (exact) mass is 250 g/mol. The van der Waals surface area contributed by atoms with E-state index in [9.17, 15) is 13.6 Å². The number of carboxylic acid groups (broad SMARTS) is 1. The molecule has 0 unspecified atom stereocenters. The minimum atomic E-state index is -2.98. The Labute approximate surface area is 95.6 Å². The molecule has 0 saturated carbocycles. The van der Waals surface area contributed by atoms with Crippen LogP contribution in [0.15, 0.2) is 12.1 Å². The first-order valence-corrected chi connectivity index (χ1v) is 4.86. The van der Waals surface area contributed by atoms with Crippen LogP contribution >= 0.6 is 11.6 Å². The van der Waals surface area contributed by atoms with Crippen LogP contribution in [0.25, 0.3) is 0 Å². The molecular formula is C10H9ClF2O3. The largest absolute Gasteiger partial charge is 0.478 e. The summed E-state index contributed by atoms with van der Waals surface area (Å²) in [6, 6.07) is 2.48. The van der Waals surface area contributed by atoms with Crippen molar-refractivity contribution in [3.8, 4) is 5.75 Å². The molecule has 0 heterocycles. The van der Waals surface area contributed by atoms with Gasteiger partial charge in [-0.05, 0) is 24.1 Å².